The maximum Gasteiger partial charge on any atom is 0.278 e. The molecule has 1 N–H and O–H groups in total. The lowest BCUT2D eigenvalue weighted by atomic mass is 10.2. The number of benzene rings is 2. The summed E-state index contributed by atoms with van der Waals surface area (Å²) in [4.78, 5) is 20.3. The highest BCUT2D eigenvalue weighted by Gasteiger charge is 2.09. The molecule has 2 aromatic carbocycles. The first-order valence-electron chi connectivity index (χ1n) is 5.85. The molecule has 0 amide bonds. The normalized spacial score (nSPS) is 10.5. The van der Waals surface area contributed by atoms with Gasteiger partial charge in [0.1, 0.15) is 0 Å². The third-order valence-corrected chi connectivity index (χ3v) is 2.61. The molecule has 2 rings (SSSR count). The minimum Gasteiger partial charge on any atom is -0.278 e. The fourth-order valence-corrected chi connectivity index (χ4v) is 1.60. The zero-order chi connectivity index (χ0) is 15.2. The molecule has 106 valence electrons. The number of nitrogens with one attached hydrogen (secondary N) is 1. The molecule has 8 heteroatoms. The van der Waals surface area contributed by atoms with Crippen LogP contribution in [-0.4, -0.2) is 16.1 Å². The summed E-state index contributed by atoms with van der Waals surface area (Å²) < 4.78 is 0. The molecule has 0 heterocycles. The van der Waals surface area contributed by atoms with E-state index in [0.29, 0.717) is 11.3 Å². The standard InChI is InChI=1S/C13H10N4O4/c18-16(19)12-7-5-11(6-8-12)15-14-9-10-3-1-2-4-13(10)17(20)21/h1-9,15H/b14-9+. The Balaban J connectivity index is 2.09. The lowest BCUT2D eigenvalue weighted by Crippen LogP contribution is -1.96. The van der Waals surface area contributed by atoms with Gasteiger partial charge in [-0.15, -0.1) is 0 Å². The number of non-ortho nitro benzene ring substituents is 1. The van der Waals surface area contributed by atoms with Crippen LogP contribution in [0.2, 0.25) is 0 Å². The monoisotopic (exact) mass is 286 g/mol. The van der Waals surface area contributed by atoms with E-state index in [2.05, 4.69) is 10.5 Å². The Morgan fingerprint density at radius 1 is 0.952 bits per heavy atom. The highest BCUT2D eigenvalue weighted by Crippen LogP contribution is 2.17. The summed E-state index contributed by atoms with van der Waals surface area (Å²) in [5, 5.41) is 25.2. The number of anilines is 1. The summed E-state index contributed by atoms with van der Waals surface area (Å²) in [7, 11) is 0. The van der Waals surface area contributed by atoms with Crippen molar-refractivity contribution in [3.05, 3.63) is 74.3 Å². The topological polar surface area (TPSA) is 111 Å². The van der Waals surface area contributed by atoms with Gasteiger partial charge < -0.3 is 0 Å². The Hall–Kier alpha value is -3.29. The SMILES string of the molecule is O=[N+]([O-])c1ccc(N/N=C/c2ccccc2[N+](=O)[O-])cc1. The first-order valence-corrected chi connectivity index (χ1v) is 5.85. The van der Waals surface area contributed by atoms with Gasteiger partial charge in [0.05, 0.1) is 27.3 Å². The summed E-state index contributed by atoms with van der Waals surface area (Å²) in [6.45, 7) is 0. The number of rotatable bonds is 5. The van der Waals surface area contributed by atoms with Gasteiger partial charge in [-0.3, -0.25) is 25.7 Å². The number of nitro groups is 2. The van der Waals surface area contributed by atoms with E-state index in [0.717, 1.165) is 0 Å². The van der Waals surface area contributed by atoms with Gasteiger partial charge in [-0.25, -0.2) is 0 Å². The van der Waals surface area contributed by atoms with Crippen LogP contribution in [0.15, 0.2) is 53.6 Å². The molecule has 0 aromatic heterocycles. The predicted molar refractivity (Wildman–Crippen MR) is 77.4 cm³/mol. The lowest BCUT2D eigenvalue weighted by Gasteiger charge is -2.00. The second-order valence-electron chi connectivity index (χ2n) is 3.99. The highest BCUT2D eigenvalue weighted by atomic mass is 16.6. The van der Waals surface area contributed by atoms with E-state index in [9.17, 15) is 20.2 Å². The van der Waals surface area contributed by atoms with Gasteiger partial charge in [0.25, 0.3) is 11.4 Å². The van der Waals surface area contributed by atoms with Crippen LogP contribution in [0.3, 0.4) is 0 Å². The number of hydrogen-bond acceptors (Lipinski definition) is 6. The summed E-state index contributed by atoms with van der Waals surface area (Å²) in [6.07, 6.45) is 1.32. The smallest absolute Gasteiger partial charge is 0.278 e. The second kappa shape index (κ2) is 6.24. The minimum atomic E-state index is -0.500. The molecule has 0 aliphatic heterocycles. The van der Waals surface area contributed by atoms with Crippen LogP contribution in [0, 0.1) is 20.2 Å². The molecule has 0 spiro atoms. The number of hydrogen-bond donors (Lipinski definition) is 1. The van der Waals surface area contributed by atoms with E-state index in [1.807, 2.05) is 0 Å². The highest BCUT2D eigenvalue weighted by molar-refractivity contribution is 5.85. The molecule has 0 bridgehead atoms. The Kier molecular flexibility index (Phi) is 4.20. The average molecular weight is 286 g/mol. The molecule has 0 saturated heterocycles. The van der Waals surface area contributed by atoms with Crippen molar-refractivity contribution in [2.24, 2.45) is 5.10 Å². The summed E-state index contributed by atoms with van der Waals surface area (Å²) in [6, 6.07) is 11.8. The van der Waals surface area contributed by atoms with Crippen LogP contribution in [0.5, 0.6) is 0 Å². The molecule has 2 aromatic rings. The van der Waals surface area contributed by atoms with Crippen molar-refractivity contribution in [2.45, 2.75) is 0 Å². The summed E-state index contributed by atoms with van der Waals surface area (Å²) in [5.41, 5.74) is 3.47. The van der Waals surface area contributed by atoms with Gasteiger partial charge in [-0.05, 0) is 18.2 Å². The summed E-state index contributed by atoms with van der Waals surface area (Å²) >= 11 is 0. The molecule has 0 aliphatic carbocycles. The maximum atomic E-state index is 10.8. The Labute approximate surface area is 119 Å². The van der Waals surface area contributed by atoms with Crippen molar-refractivity contribution in [3.8, 4) is 0 Å². The molecule has 21 heavy (non-hydrogen) atoms. The van der Waals surface area contributed by atoms with Crippen molar-refractivity contribution in [2.75, 3.05) is 5.43 Å². The predicted octanol–water partition coefficient (Wildman–Crippen LogP) is 2.95. The molecule has 0 fully saturated rings. The Bertz CT molecular complexity index is 698. The number of nitrogens with zero attached hydrogens (tertiary/aromatic N) is 3. The van der Waals surface area contributed by atoms with Crippen LogP contribution in [-0.2, 0) is 0 Å². The quantitative estimate of drug-likeness (QED) is 0.516. The van der Waals surface area contributed by atoms with Gasteiger partial charge >= 0.3 is 0 Å². The number of hydrazone groups is 1. The second-order valence-corrected chi connectivity index (χ2v) is 3.99. The van der Waals surface area contributed by atoms with Crippen molar-refractivity contribution in [3.63, 3.8) is 0 Å². The van der Waals surface area contributed by atoms with E-state index in [1.54, 1.807) is 18.2 Å². The average Bonchev–Trinajstić information content (AvgIpc) is 2.48. The van der Waals surface area contributed by atoms with Gasteiger partial charge in [-0.2, -0.15) is 5.10 Å². The minimum absolute atomic E-state index is 0.0248. The Morgan fingerprint density at radius 2 is 1.62 bits per heavy atom. The largest absolute Gasteiger partial charge is 0.278 e. The van der Waals surface area contributed by atoms with Gasteiger partial charge in [-0.1, -0.05) is 12.1 Å². The van der Waals surface area contributed by atoms with Crippen LogP contribution in [0.25, 0.3) is 0 Å². The first-order chi connectivity index (χ1) is 10.1. The van der Waals surface area contributed by atoms with Gasteiger partial charge in [0.2, 0.25) is 0 Å². The molecular weight excluding hydrogens is 276 g/mol. The molecule has 0 aliphatic rings. The van der Waals surface area contributed by atoms with Crippen molar-refractivity contribution >= 4 is 23.3 Å². The molecular formula is C13H10N4O4. The van der Waals surface area contributed by atoms with Crippen LogP contribution >= 0.6 is 0 Å². The fourth-order valence-electron chi connectivity index (χ4n) is 1.60. The van der Waals surface area contributed by atoms with Crippen molar-refractivity contribution < 1.29 is 9.85 Å². The van der Waals surface area contributed by atoms with Crippen LogP contribution < -0.4 is 5.43 Å². The van der Waals surface area contributed by atoms with Crippen LogP contribution in [0.1, 0.15) is 5.56 Å². The van der Waals surface area contributed by atoms with Crippen molar-refractivity contribution in [1.82, 2.24) is 0 Å². The lowest BCUT2D eigenvalue weighted by molar-refractivity contribution is -0.385. The Morgan fingerprint density at radius 3 is 2.24 bits per heavy atom. The molecule has 0 atom stereocenters. The third kappa shape index (κ3) is 3.60. The van der Waals surface area contributed by atoms with Gasteiger partial charge in [0, 0.05) is 18.2 Å². The number of para-hydroxylation sites is 1. The molecule has 0 unspecified atom stereocenters. The van der Waals surface area contributed by atoms with Gasteiger partial charge in [0.15, 0.2) is 0 Å². The van der Waals surface area contributed by atoms with Crippen LogP contribution in [0.4, 0.5) is 17.1 Å². The van der Waals surface area contributed by atoms with E-state index < -0.39 is 9.85 Å². The summed E-state index contributed by atoms with van der Waals surface area (Å²) in [5.74, 6) is 0. The van der Waals surface area contributed by atoms with E-state index in [-0.39, 0.29) is 11.4 Å². The third-order valence-electron chi connectivity index (χ3n) is 2.61. The van der Waals surface area contributed by atoms with E-state index in [4.69, 9.17) is 0 Å². The maximum absolute atomic E-state index is 10.8. The fraction of sp³-hybridized carbons (Fsp3) is 0. The zero-order valence-electron chi connectivity index (χ0n) is 10.7. The number of nitro benzene ring substituents is 2. The van der Waals surface area contributed by atoms with Crippen molar-refractivity contribution in [1.29, 1.82) is 0 Å². The zero-order valence-corrected chi connectivity index (χ0v) is 10.7. The molecule has 0 saturated carbocycles. The molecule has 0 radical (unpaired) electrons. The van der Waals surface area contributed by atoms with E-state index in [1.165, 1.54) is 36.5 Å². The molecule has 8 nitrogen and oxygen atoms in total. The first kappa shape index (κ1) is 14.1. The van der Waals surface area contributed by atoms with E-state index >= 15 is 0 Å².